The smallest absolute Gasteiger partial charge is 0.159 e. The Morgan fingerprint density at radius 3 is 1.88 bits per heavy atom. The average Bonchev–Trinajstić information content (AvgIpc) is 3.96. The number of hydrogen-bond acceptors (Lipinski definition) is 5. The number of hydrogen-bond donors (Lipinski definition) is 0. The summed E-state index contributed by atoms with van der Waals surface area (Å²) in [6, 6.07) is 82.6. The summed E-state index contributed by atoms with van der Waals surface area (Å²) in [5.41, 5.74) is 12.5. The average molecular weight is 875 g/mol. The Balaban J connectivity index is 0.931. The van der Waals surface area contributed by atoms with Crippen LogP contribution in [0, 0.1) is 0 Å². The molecule has 0 saturated carbocycles. The molecule has 0 unspecified atom stereocenters. The second-order valence-corrected chi connectivity index (χ2v) is 18.3. The van der Waals surface area contributed by atoms with Crippen LogP contribution < -0.4 is 14.5 Å². The highest BCUT2D eigenvalue weighted by atomic mass is 32.1. The van der Waals surface area contributed by atoms with Crippen molar-refractivity contribution in [1.29, 1.82) is 0 Å². The van der Waals surface area contributed by atoms with Crippen LogP contribution in [0.5, 0.6) is 11.5 Å². The van der Waals surface area contributed by atoms with Crippen LogP contribution in [-0.4, -0.2) is 0 Å². The van der Waals surface area contributed by atoms with Gasteiger partial charge in [0.25, 0.3) is 0 Å². The third-order valence-corrected chi connectivity index (χ3v) is 14.6. The monoisotopic (exact) mass is 874 g/mol. The van der Waals surface area contributed by atoms with E-state index in [0.29, 0.717) is 0 Å². The number of fused-ring (bicyclic) bond motifs is 10. The highest BCUT2D eigenvalue weighted by Gasteiger charge is 2.26. The summed E-state index contributed by atoms with van der Waals surface area (Å²) in [7, 11) is 0. The number of furan rings is 1. The number of para-hydroxylation sites is 4. The molecule has 14 rings (SSSR count). The molecule has 0 atom stereocenters. The molecule has 13 aromatic rings. The Kier molecular flexibility index (Phi) is 8.42. The van der Waals surface area contributed by atoms with Crippen molar-refractivity contribution >= 4 is 109 Å². The predicted molar refractivity (Wildman–Crippen MR) is 282 cm³/mol. The molecule has 1 aliphatic heterocycles. The van der Waals surface area contributed by atoms with E-state index >= 15 is 0 Å². The zero-order valence-corrected chi connectivity index (χ0v) is 36.9. The van der Waals surface area contributed by atoms with Crippen molar-refractivity contribution in [2.75, 3.05) is 9.80 Å². The Hall–Kier alpha value is -8.64. The molecule has 2 aromatic heterocycles. The predicted octanol–water partition coefficient (Wildman–Crippen LogP) is 18.6. The molecule has 0 aliphatic carbocycles. The fourth-order valence-corrected chi connectivity index (χ4v) is 11.5. The lowest BCUT2D eigenvalue weighted by Gasteiger charge is -2.29. The summed E-state index contributed by atoms with van der Waals surface area (Å²) in [6.07, 6.45) is 0. The molecule has 0 radical (unpaired) electrons. The highest BCUT2D eigenvalue weighted by Crippen LogP contribution is 2.52. The summed E-state index contributed by atoms with van der Waals surface area (Å²) in [5, 5.41) is 9.33. The van der Waals surface area contributed by atoms with Gasteiger partial charge in [-0.3, -0.25) is 0 Å². The standard InChI is InChI=1S/C62H38N2O2S/c1-3-15-39(16-4-1)45-19-7-10-24-54(45)64(43-32-34-60-52(37-43)48-21-9-12-28-59(48)67-60)42-30-29-40-35-53-47-33-31-44(38-58(47)65-57-27-14-22-49(61(53)57)51(40)36-42)63(41-17-5-2-6-18-41)55-25-13-23-50-46-20-8-11-26-56(46)66-62(50)55/h1-38H. The van der Waals surface area contributed by atoms with Crippen LogP contribution in [-0.2, 0) is 0 Å². The van der Waals surface area contributed by atoms with Gasteiger partial charge >= 0.3 is 0 Å². The minimum Gasteiger partial charge on any atom is -0.456 e. The van der Waals surface area contributed by atoms with Gasteiger partial charge in [-0.05, 0) is 118 Å². The number of rotatable bonds is 7. The zero-order chi connectivity index (χ0) is 44.0. The van der Waals surface area contributed by atoms with Gasteiger partial charge in [0.2, 0.25) is 0 Å². The van der Waals surface area contributed by atoms with Gasteiger partial charge in [-0.2, -0.15) is 0 Å². The molecule has 0 N–H and O–H groups in total. The third kappa shape index (κ3) is 5.99. The minimum absolute atomic E-state index is 0.811. The maximum Gasteiger partial charge on any atom is 0.159 e. The van der Waals surface area contributed by atoms with Crippen molar-refractivity contribution in [3.63, 3.8) is 0 Å². The summed E-state index contributed by atoms with van der Waals surface area (Å²) < 4.78 is 16.2. The van der Waals surface area contributed by atoms with E-state index in [9.17, 15) is 0 Å². The number of anilines is 6. The van der Waals surface area contributed by atoms with Crippen molar-refractivity contribution in [2.24, 2.45) is 0 Å². The van der Waals surface area contributed by atoms with E-state index in [-0.39, 0.29) is 0 Å². The summed E-state index contributed by atoms with van der Waals surface area (Å²) in [5.74, 6) is 1.65. The first-order chi connectivity index (χ1) is 33.2. The molecular formula is C62H38N2O2S. The maximum atomic E-state index is 6.99. The topological polar surface area (TPSA) is 28.9 Å². The van der Waals surface area contributed by atoms with E-state index in [1.165, 1.54) is 42.1 Å². The molecule has 0 amide bonds. The quantitative estimate of drug-likeness (QED) is 0.149. The number of ether oxygens (including phenoxy) is 1. The van der Waals surface area contributed by atoms with E-state index in [1.54, 1.807) is 0 Å². The molecule has 1 aliphatic rings. The maximum absolute atomic E-state index is 6.99. The first-order valence-electron chi connectivity index (χ1n) is 22.6. The molecule has 0 bridgehead atoms. The number of thiophene rings is 1. The van der Waals surface area contributed by atoms with Crippen LogP contribution in [0.3, 0.4) is 0 Å². The van der Waals surface area contributed by atoms with Crippen molar-refractivity contribution in [3.05, 3.63) is 231 Å². The van der Waals surface area contributed by atoms with Crippen LogP contribution in [0.2, 0.25) is 0 Å². The number of nitrogens with zero attached hydrogens (tertiary/aromatic N) is 2. The van der Waals surface area contributed by atoms with Gasteiger partial charge in [0.05, 0.1) is 17.1 Å². The molecule has 0 fully saturated rings. The van der Waals surface area contributed by atoms with Crippen LogP contribution >= 0.6 is 11.3 Å². The molecule has 314 valence electrons. The van der Waals surface area contributed by atoms with Gasteiger partial charge in [0, 0.05) is 70.6 Å². The van der Waals surface area contributed by atoms with Gasteiger partial charge in [0.15, 0.2) is 5.58 Å². The summed E-state index contributed by atoms with van der Waals surface area (Å²) in [4.78, 5) is 4.70. The fraction of sp³-hybridized carbons (Fsp3) is 0. The second-order valence-electron chi connectivity index (χ2n) is 17.2. The lowest BCUT2D eigenvalue weighted by Crippen LogP contribution is -2.11. The van der Waals surface area contributed by atoms with Gasteiger partial charge in [-0.15, -0.1) is 11.3 Å². The Labute approximate surface area is 390 Å². The molecule has 4 nitrogen and oxygen atoms in total. The van der Waals surface area contributed by atoms with Crippen molar-refractivity contribution in [3.8, 4) is 33.8 Å². The van der Waals surface area contributed by atoms with E-state index in [1.807, 2.05) is 23.5 Å². The summed E-state index contributed by atoms with van der Waals surface area (Å²) in [6.45, 7) is 0. The second kappa shape index (κ2) is 15.0. The fourth-order valence-electron chi connectivity index (χ4n) is 10.4. The minimum atomic E-state index is 0.811. The molecule has 0 spiro atoms. The first-order valence-corrected chi connectivity index (χ1v) is 23.5. The lowest BCUT2D eigenvalue weighted by molar-refractivity contribution is 0.487. The van der Waals surface area contributed by atoms with Crippen molar-refractivity contribution in [2.45, 2.75) is 0 Å². The zero-order valence-electron chi connectivity index (χ0n) is 36.1. The molecule has 3 heterocycles. The van der Waals surface area contributed by atoms with E-state index < -0.39 is 0 Å². The largest absolute Gasteiger partial charge is 0.456 e. The van der Waals surface area contributed by atoms with E-state index in [0.717, 1.165) is 89.5 Å². The van der Waals surface area contributed by atoms with Crippen LogP contribution in [0.4, 0.5) is 34.1 Å². The summed E-state index contributed by atoms with van der Waals surface area (Å²) >= 11 is 1.85. The molecule has 11 aromatic carbocycles. The Morgan fingerprint density at radius 2 is 0.985 bits per heavy atom. The van der Waals surface area contributed by atoms with Gasteiger partial charge in [0.1, 0.15) is 17.1 Å². The van der Waals surface area contributed by atoms with Crippen LogP contribution in [0.15, 0.2) is 235 Å². The number of benzene rings is 11. The van der Waals surface area contributed by atoms with Gasteiger partial charge < -0.3 is 19.0 Å². The third-order valence-electron chi connectivity index (χ3n) is 13.4. The first kappa shape index (κ1) is 37.7. The Morgan fingerprint density at radius 1 is 0.343 bits per heavy atom. The van der Waals surface area contributed by atoms with Crippen LogP contribution in [0.25, 0.3) is 85.9 Å². The Bertz CT molecular complexity index is 4100. The highest BCUT2D eigenvalue weighted by molar-refractivity contribution is 7.25. The van der Waals surface area contributed by atoms with Crippen LogP contribution in [0.1, 0.15) is 0 Å². The van der Waals surface area contributed by atoms with Gasteiger partial charge in [-0.25, -0.2) is 0 Å². The molecule has 0 saturated heterocycles. The van der Waals surface area contributed by atoms with Crippen molar-refractivity contribution in [1.82, 2.24) is 0 Å². The lowest BCUT2D eigenvalue weighted by atomic mass is 9.90. The van der Waals surface area contributed by atoms with Gasteiger partial charge in [-0.1, -0.05) is 133 Å². The molecular weight excluding hydrogens is 837 g/mol. The molecule has 5 heteroatoms. The van der Waals surface area contributed by atoms with E-state index in [4.69, 9.17) is 9.15 Å². The van der Waals surface area contributed by atoms with Crippen molar-refractivity contribution < 1.29 is 9.15 Å². The normalized spacial score (nSPS) is 12.0. The SMILES string of the molecule is c1ccc(-c2ccccc2N(c2ccc3cc4c5c(cccc5c3c2)Oc2cc(N(c3ccccc3)c3cccc5c3oc3ccccc35)ccc2-4)c2ccc3sc4ccccc4c3c2)cc1. The van der Waals surface area contributed by atoms with E-state index in [2.05, 4.69) is 228 Å². The molecule has 67 heavy (non-hydrogen) atoms.